The van der Waals surface area contributed by atoms with Gasteiger partial charge in [-0.05, 0) is 20.8 Å². The molecule has 0 spiro atoms. The summed E-state index contributed by atoms with van der Waals surface area (Å²) in [6.45, 7) is 5.90. The van der Waals surface area contributed by atoms with E-state index in [1.165, 1.54) is 0 Å². The van der Waals surface area contributed by atoms with Crippen LogP contribution in [0, 0.1) is 0 Å². The van der Waals surface area contributed by atoms with Gasteiger partial charge in [-0.15, -0.1) is 0 Å². The predicted molar refractivity (Wildman–Crippen MR) is 35.4 cm³/mol. The van der Waals surface area contributed by atoms with E-state index < -0.39 is 0 Å². The summed E-state index contributed by atoms with van der Waals surface area (Å²) < 4.78 is 0. The second-order valence-corrected chi connectivity index (χ2v) is 2.37. The standard InChI is InChI=1S/C4H11N.Al.B.3ClH/c1-4(2,3)5;;;;;/h5H2,1-3H3;;;3*1H/q;+3;;;;/p-3. The van der Waals surface area contributed by atoms with Crippen molar-refractivity contribution < 1.29 is 37.2 Å². The van der Waals surface area contributed by atoms with Crippen LogP contribution in [-0.2, 0) is 0 Å². The SMILES string of the molecule is CC(C)(C)N.[Al+3].[B].[Cl-].[Cl-].[Cl-]. The first kappa shape index (κ1) is 42.2. The molecule has 0 aliphatic carbocycles. The van der Waals surface area contributed by atoms with E-state index >= 15 is 0 Å². The number of hydrogen-bond acceptors (Lipinski definition) is 1. The van der Waals surface area contributed by atoms with Crippen molar-refractivity contribution in [2.24, 2.45) is 5.73 Å². The molecule has 0 aromatic rings. The Morgan fingerprint density at radius 3 is 0.900 bits per heavy atom. The molecule has 0 atom stereocenters. The maximum absolute atomic E-state index is 5.35. The molecule has 2 N–H and O–H groups in total. The molecule has 0 saturated heterocycles. The van der Waals surface area contributed by atoms with Crippen LogP contribution in [0.3, 0.4) is 0 Å². The molecular formula is C4H11AlBCl3N. The molecule has 0 amide bonds. The average Bonchev–Trinajstić information content (AvgIpc) is 0.722. The smallest absolute Gasteiger partial charge is 1.00 e. The molecule has 0 saturated carbocycles. The van der Waals surface area contributed by atoms with Gasteiger partial charge in [0.1, 0.15) is 0 Å². The van der Waals surface area contributed by atoms with Gasteiger partial charge in [0.15, 0.2) is 0 Å². The maximum Gasteiger partial charge on any atom is 3.00 e. The van der Waals surface area contributed by atoms with Gasteiger partial charge in [0.2, 0.25) is 0 Å². The van der Waals surface area contributed by atoms with Crippen molar-refractivity contribution in [2.45, 2.75) is 26.3 Å². The Balaban J connectivity index is -0.00000000800. The molecule has 0 bridgehead atoms. The summed E-state index contributed by atoms with van der Waals surface area (Å²) in [6.07, 6.45) is 0. The van der Waals surface area contributed by atoms with E-state index in [0.717, 1.165) is 0 Å². The van der Waals surface area contributed by atoms with Crippen LogP contribution in [0.5, 0.6) is 0 Å². The molecule has 10 heavy (non-hydrogen) atoms. The number of halogens is 3. The molecule has 0 heterocycles. The zero-order valence-corrected chi connectivity index (χ0v) is 9.79. The zero-order chi connectivity index (χ0) is 4.50. The zero-order valence-electron chi connectivity index (χ0n) is 6.37. The summed E-state index contributed by atoms with van der Waals surface area (Å²) >= 11 is 0. The van der Waals surface area contributed by atoms with Crippen LogP contribution in [-0.4, -0.2) is 31.3 Å². The number of hydrogen-bond donors (Lipinski definition) is 1. The second-order valence-electron chi connectivity index (χ2n) is 2.37. The Kier molecular flexibility index (Phi) is 70.9. The number of nitrogens with two attached hydrogens (primary N) is 1. The fraction of sp³-hybridized carbons (Fsp3) is 1.00. The van der Waals surface area contributed by atoms with Crippen LogP contribution in [0.4, 0.5) is 0 Å². The van der Waals surface area contributed by atoms with Crippen LogP contribution in [0.25, 0.3) is 0 Å². The fourth-order valence-electron chi connectivity index (χ4n) is 0. The van der Waals surface area contributed by atoms with Crippen molar-refractivity contribution in [2.75, 3.05) is 0 Å². The molecule has 1 nitrogen and oxygen atoms in total. The summed E-state index contributed by atoms with van der Waals surface area (Å²) in [5.74, 6) is 0. The summed E-state index contributed by atoms with van der Waals surface area (Å²) in [5, 5.41) is 0. The summed E-state index contributed by atoms with van der Waals surface area (Å²) in [6, 6.07) is 0. The Hall–Kier alpha value is 1.43. The first-order chi connectivity index (χ1) is 2.00. The summed E-state index contributed by atoms with van der Waals surface area (Å²) in [7, 11) is 0. The van der Waals surface area contributed by atoms with Crippen molar-refractivity contribution in [3.8, 4) is 0 Å². The van der Waals surface area contributed by atoms with E-state index in [0.29, 0.717) is 0 Å². The minimum atomic E-state index is 0. The molecule has 59 valence electrons. The fourth-order valence-corrected chi connectivity index (χ4v) is 0. The van der Waals surface area contributed by atoms with Crippen molar-refractivity contribution >= 4 is 25.8 Å². The minimum absolute atomic E-state index is 0. The van der Waals surface area contributed by atoms with Crippen molar-refractivity contribution in [1.82, 2.24) is 0 Å². The van der Waals surface area contributed by atoms with Gasteiger partial charge < -0.3 is 43.0 Å². The maximum atomic E-state index is 5.35. The van der Waals surface area contributed by atoms with Crippen LogP contribution in [0.2, 0.25) is 0 Å². The molecule has 0 aromatic carbocycles. The van der Waals surface area contributed by atoms with Crippen LogP contribution in [0.1, 0.15) is 20.8 Å². The largest absolute Gasteiger partial charge is 3.00 e. The first-order valence-corrected chi connectivity index (χ1v) is 1.79. The minimum Gasteiger partial charge on any atom is -1.00 e. The van der Waals surface area contributed by atoms with Crippen molar-refractivity contribution in [3.63, 3.8) is 0 Å². The van der Waals surface area contributed by atoms with E-state index in [-0.39, 0.29) is 68.5 Å². The van der Waals surface area contributed by atoms with Gasteiger partial charge in [0, 0.05) is 14.0 Å². The Labute approximate surface area is 94.8 Å². The topological polar surface area (TPSA) is 26.0 Å². The third-order valence-corrected chi connectivity index (χ3v) is 0. The van der Waals surface area contributed by atoms with E-state index in [1.807, 2.05) is 20.8 Å². The Morgan fingerprint density at radius 2 is 0.900 bits per heavy atom. The van der Waals surface area contributed by atoms with Gasteiger partial charge in [0.05, 0.1) is 0 Å². The molecule has 3 radical (unpaired) electrons. The normalized spacial score (nSPS) is 6.00. The van der Waals surface area contributed by atoms with Gasteiger partial charge in [-0.2, -0.15) is 0 Å². The molecule has 0 rings (SSSR count). The van der Waals surface area contributed by atoms with Crippen LogP contribution >= 0.6 is 0 Å². The predicted octanol–water partition coefficient (Wildman–Crippen LogP) is -9.01. The quantitative estimate of drug-likeness (QED) is 0.401. The average molecular weight is 217 g/mol. The van der Waals surface area contributed by atoms with Gasteiger partial charge in [-0.3, -0.25) is 0 Å². The third kappa shape index (κ3) is 329. The summed E-state index contributed by atoms with van der Waals surface area (Å²) in [4.78, 5) is 0. The third-order valence-electron chi connectivity index (χ3n) is 0. The van der Waals surface area contributed by atoms with Gasteiger partial charge >= 0.3 is 17.4 Å². The van der Waals surface area contributed by atoms with Crippen LogP contribution < -0.4 is 43.0 Å². The van der Waals surface area contributed by atoms with E-state index in [1.54, 1.807) is 0 Å². The Bertz CT molecular complexity index is 36.0. The molecule has 0 unspecified atom stereocenters. The molecule has 0 aliphatic rings. The second kappa shape index (κ2) is 16.8. The monoisotopic (exact) mass is 216 g/mol. The molecule has 0 aromatic heterocycles. The van der Waals surface area contributed by atoms with Gasteiger partial charge in [-0.25, -0.2) is 0 Å². The molecule has 0 aliphatic heterocycles. The summed E-state index contributed by atoms with van der Waals surface area (Å²) in [5.41, 5.74) is 5.35. The van der Waals surface area contributed by atoms with Crippen LogP contribution in [0.15, 0.2) is 0 Å². The van der Waals surface area contributed by atoms with Gasteiger partial charge in [0.25, 0.3) is 0 Å². The van der Waals surface area contributed by atoms with E-state index in [4.69, 9.17) is 5.73 Å². The molecular weight excluding hydrogens is 206 g/mol. The van der Waals surface area contributed by atoms with E-state index in [2.05, 4.69) is 0 Å². The first-order valence-electron chi connectivity index (χ1n) is 1.79. The van der Waals surface area contributed by atoms with Gasteiger partial charge in [-0.1, -0.05) is 0 Å². The van der Waals surface area contributed by atoms with E-state index in [9.17, 15) is 0 Å². The number of rotatable bonds is 0. The van der Waals surface area contributed by atoms with Crippen molar-refractivity contribution in [3.05, 3.63) is 0 Å². The van der Waals surface area contributed by atoms with Crippen molar-refractivity contribution in [1.29, 1.82) is 0 Å². The molecule has 0 fully saturated rings. The molecule has 6 heteroatoms. The Morgan fingerprint density at radius 1 is 0.900 bits per heavy atom.